The van der Waals surface area contributed by atoms with Crippen LogP contribution in [0.2, 0.25) is 0 Å². The van der Waals surface area contributed by atoms with Gasteiger partial charge in [-0.25, -0.2) is 4.98 Å². The first-order chi connectivity index (χ1) is 9.74. The lowest BCUT2D eigenvalue weighted by Crippen LogP contribution is -2.29. The molecule has 2 heterocycles. The Hall–Kier alpha value is -1.75. The molecule has 0 radical (unpaired) electrons. The number of hydrogen-bond acceptors (Lipinski definition) is 4. The molecule has 3 rings (SSSR count). The molecule has 0 saturated carbocycles. The molecule has 1 aromatic carbocycles. The summed E-state index contributed by atoms with van der Waals surface area (Å²) in [6.45, 7) is 4.20. The molecule has 1 saturated heterocycles. The van der Waals surface area contributed by atoms with Crippen molar-refractivity contribution in [3.63, 3.8) is 0 Å². The van der Waals surface area contributed by atoms with E-state index in [0.717, 1.165) is 54.3 Å². The van der Waals surface area contributed by atoms with E-state index in [9.17, 15) is 0 Å². The molecule has 2 aromatic rings. The third-order valence-corrected chi connectivity index (χ3v) is 4.04. The SMILES string of the molecule is COc1cc2nc(C)n(C3CCNCC3)c2cc1OC. The van der Waals surface area contributed by atoms with Gasteiger partial charge >= 0.3 is 0 Å². The van der Waals surface area contributed by atoms with Crippen LogP contribution in [0.3, 0.4) is 0 Å². The first kappa shape index (κ1) is 13.2. The lowest BCUT2D eigenvalue weighted by Gasteiger charge is -2.25. The Kier molecular flexibility index (Phi) is 3.53. The van der Waals surface area contributed by atoms with E-state index in [1.807, 2.05) is 12.1 Å². The summed E-state index contributed by atoms with van der Waals surface area (Å²) in [4.78, 5) is 4.68. The minimum Gasteiger partial charge on any atom is -0.493 e. The largest absolute Gasteiger partial charge is 0.493 e. The molecule has 108 valence electrons. The topological polar surface area (TPSA) is 48.3 Å². The molecule has 1 aliphatic rings. The Morgan fingerprint density at radius 3 is 2.45 bits per heavy atom. The number of aromatic nitrogens is 2. The van der Waals surface area contributed by atoms with Gasteiger partial charge in [0.25, 0.3) is 0 Å². The number of benzene rings is 1. The molecule has 1 aliphatic heterocycles. The van der Waals surface area contributed by atoms with Gasteiger partial charge in [0.05, 0.1) is 25.3 Å². The normalized spacial score (nSPS) is 16.6. The zero-order valence-corrected chi connectivity index (χ0v) is 12.3. The average molecular weight is 275 g/mol. The first-order valence-corrected chi connectivity index (χ1v) is 7.06. The molecule has 1 aromatic heterocycles. The Morgan fingerprint density at radius 1 is 1.15 bits per heavy atom. The second-order valence-electron chi connectivity index (χ2n) is 5.21. The zero-order valence-electron chi connectivity index (χ0n) is 12.3. The number of ether oxygens (including phenoxy) is 2. The van der Waals surface area contributed by atoms with Gasteiger partial charge in [0.2, 0.25) is 0 Å². The second-order valence-corrected chi connectivity index (χ2v) is 5.21. The molecule has 20 heavy (non-hydrogen) atoms. The molecular formula is C15H21N3O2. The molecule has 0 atom stereocenters. The minimum atomic E-state index is 0.513. The van der Waals surface area contributed by atoms with Crippen LogP contribution in [0.5, 0.6) is 11.5 Å². The zero-order chi connectivity index (χ0) is 14.1. The van der Waals surface area contributed by atoms with E-state index >= 15 is 0 Å². The molecule has 5 nitrogen and oxygen atoms in total. The van der Waals surface area contributed by atoms with Crippen LogP contribution in [-0.2, 0) is 0 Å². The summed E-state index contributed by atoms with van der Waals surface area (Å²) >= 11 is 0. The monoisotopic (exact) mass is 275 g/mol. The van der Waals surface area contributed by atoms with Crippen LogP contribution in [0.25, 0.3) is 11.0 Å². The molecule has 5 heteroatoms. The highest BCUT2D eigenvalue weighted by Gasteiger charge is 2.21. The fourth-order valence-corrected chi connectivity index (χ4v) is 3.07. The quantitative estimate of drug-likeness (QED) is 0.933. The highest BCUT2D eigenvalue weighted by atomic mass is 16.5. The molecule has 1 N–H and O–H groups in total. The number of piperidine rings is 1. The molecular weight excluding hydrogens is 254 g/mol. The van der Waals surface area contributed by atoms with Crippen molar-refractivity contribution in [2.75, 3.05) is 27.3 Å². The second kappa shape index (κ2) is 5.32. The standard InChI is InChI=1S/C15H21N3O2/c1-10-17-12-8-14(19-2)15(20-3)9-13(12)18(10)11-4-6-16-7-5-11/h8-9,11,16H,4-7H2,1-3H3. The molecule has 0 amide bonds. The fourth-order valence-electron chi connectivity index (χ4n) is 3.07. The summed E-state index contributed by atoms with van der Waals surface area (Å²) in [6.07, 6.45) is 2.28. The highest BCUT2D eigenvalue weighted by molar-refractivity contribution is 5.80. The summed E-state index contributed by atoms with van der Waals surface area (Å²) in [5.74, 6) is 2.55. The predicted octanol–water partition coefficient (Wildman–Crippen LogP) is 2.29. The van der Waals surface area contributed by atoms with Crippen molar-refractivity contribution >= 4 is 11.0 Å². The summed E-state index contributed by atoms with van der Waals surface area (Å²) in [6, 6.07) is 4.51. The lowest BCUT2D eigenvalue weighted by atomic mass is 10.1. The number of nitrogens with one attached hydrogen (secondary N) is 1. The van der Waals surface area contributed by atoms with E-state index < -0.39 is 0 Å². The van der Waals surface area contributed by atoms with Crippen molar-refractivity contribution in [2.24, 2.45) is 0 Å². The first-order valence-electron chi connectivity index (χ1n) is 7.06. The smallest absolute Gasteiger partial charge is 0.163 e. The van der Waals surface area contributed by atoms with Gasteiger partial charge in [-0.05, 0) is 32.9 Å². The maximum absolute atomic E-state index is 5.42. The van der Waals surface area contributed by atoms with Crippen LogP contribution in [-0.4, -0.2) is 36.9 Å². The molecule has 0 aliphatic carbocycles. The van der Waals surface area contributed by atoms with Crippen LogP contribution in [0.1, 0.15) is 24.7 Å². The maximum Gasteiger partial charge on any atom is 0.163 e. The predicted molar refractivity (Wildman–Crippen MR) is 78.7 cm³/mol. The average Bonchev–Trinajstić information content (AvgIpc) is 2.81. The highest BCUT2D eigenvalue weighted by Crippen LogP contribution is 2.34. The van der Waals surface area contributed by atoms with Gasteiger partial charge in [-0.3, -0.25) is 0 Å². The van der Waals surface area contributed by atoms with E-state index in [1.54, 1.807) is 14.2 Å². The number of imidazole rings is 1. The summed E-state index contributed by atoms with van der Waals surface area (Å²) in [5.41, 5.74) is 2.10. The van der Waals surface area contributed by atoms with E-state index in [1.165, 1.54) is 0 Å². The van der Waals surface area contributed by atoms with E-state index in [4.69, 9.17) is 9.47 Å². The number of fused-ring (bicyclic) bond motifs is 1. The third kappa shape index (κ3) is 2.12. The number of rotatable bonds is 3. The van der Waals surface area contributed by atoms with Crippen LogP contribution in [0.4, 0.5) is 0 Å². The van der Waals surface area contributed by atoms with Gasteiger partial charge in [-0.15, -0.1) is 0 Å². The number of nitrogens with zero attached hydrogens (tertiary/aromatic N) is 2. The molecule has 0 spiro atoms. The Balaban J connectivity index is 2.13. The van der Waals surface area contributed by atoms with Crippen LogP contribution in [0.15, 0.2) is 12.1 Å². The van der Waals surface area contributed by atoms with Crippen molar-refractivity contribution in [2.45, 2.75) is 25.8 Å². The Labute approximate surface area is 118 Å². The van der Waals surface area contributed by atoms with Gasteiger partial charge < -0.3 is 19.4 Å². The number of aryl methyl sites for hydroxylation is 1. The number of methoxy groups -OCH3 is 2. The van der Waals surface area contributed by atoms with E-state index in [2.05, 4.69) is 21.8 Å². The Bertz CT molecular complexity index is 615. The molecule has 0 bridgehead atoms. The molecule has 0 unspecified atom stereocenters. The van der Waals surface area contributed by atoms with Gasteiger partial charge in [-0.2, -0.15) is 0 Å². The van der Waals surface area contributed by atoms with Crippen molar-refractivity contribution in [1.82, 2.24) is 14.9 Å². The van der Waals surface area contributed by atoms with E-state index in [-0.39, 0.29) is 0 Å². The summed E-state index contributed by atoms with van der Waals surface area (Å²) in [5, 5.41) is 3.41. The van der Waals surface area contributed by atoms with Gasteiger partial charge in [0.1, 0.15) is 5.82 Å². The van der Waals surface area contributed by atoms with Gasteiger partial charge in [-0.1, -0.05) is 0 Å². The Morgan fingerprint density at radius 2 is 1.80 bits per heavy atom. The van der Waals surface area contributed by atoms with Crippen molar-refractivity contribution in [1.29, 1.82) is 0 Å². The van der Waals surface area contributed by atoms with Crippen molar-refractivity contribution in [3.8, 4) is 11.5 Å². The molecule has 1 fully saturated rings. The van der Waals surface area contributed by atoms with Crippen LogP contribution >= 0.6 is 0 Å². The van der Waals surface area contributed by atoms with Crippen molar-refractivity contribution in [3.05, 3.63) is 18.0 Å². The summed E-state index contributed by atoms with van der Waals surface area (Å²) < 4.78 is 13.1. The van der Waals surface area contributed by atoms with Crippen molar-refractivity contribution < 1.29 is 9.47 Å². The summed E-state index contributed by atoms with van der Waals surface area (Å²) in [7, 11) is 3.32. The maximum atomic E-state index is 5.42. The minimum absolute atomic E-state index is 0.513. The van der Waals surface area contributed by atoms with Crippen LogP contribution < -0.4 is 14.8 Å². The third-order valence-electron chi connectivity index (χ3n) is 4.04. The van der Waals surface area contributed by atoms with E-state index in [0.29, 0.717) is 6.04 Å². The van der Waals surface area contributed by atoms with Gasteiger partial charge in [0.15, 0.2) is 11.5 Å². The van der Waals surface area contributed by atoms with Gasteiger partial charge in [0, 0.05) is 18.2 Å². The number of hydrogen-bond donors (Lipinski definition) is 1. The fraction of sp³-hybridized carbons (Fsp3) is 0.533. The van der Waals surface area contributed by atoms with Crippen LogP contribution in [0, 0.1) is 6.92 Å². The lowest BCUT2D eigenvalue weighted by molar-refractivity contribution is 0.354.